The summed E-state index contributed by atoms with van der Waals surface area (Å²) in [6, 6.07) is 0. The smallest absolute Gasteiger partial charge is 0.0549 e. The molecule has 1 aliphatic carbocycles. The van der Waals surface area contributed by atoms with Crippen molar-refractivity contribution in [2.24, 2.45) is 11.8 Å². The Kier molecular flexibility index (Phi) is 2.89. The molecule has 0 aromatic carbocycles. The molecule has 62 valence electrons. The van der Waals surface area contributed by atoms with E-state index in [0.717, 1.165) is 19.3 Å². The van der Waals surface area contributed by atoms with Gasteiger partial charge in [0.05, 0.1) is 6.10 Å². The lowest BCUT2D eigenvalue weighted by Gasteiger charge is -2.11. The zero-order valence-corrected chi connectivity index (χ0v) is 6.87. The maximum atomic E-state index is 9.35. The van der Waals surface area contributed by atoms with E-state index in [-0.39, 0.29) is 6.10 Å². The van der Waals surface area contributed by atoms with Gasteiger partial charge in [-0.2, -0.15) is 0 Å². The standard InChI is InChI=1S/C10H16O/c1-3-5-9-7-10(11)6-8(9)4-2/h3-4,8-11H,1-2,5-7H2. The molecule has 11 heavy (non-hydrogen) atoms. The molecule has 1 rings (SSSR count). The van der Waals surface area contributed by atoms with Gasteiger partial charge in [0.25, 0.3) is 0 Å². The molecule has 1 saturated carbocycles. The zero-order chi connectivity index (χ0) is 8.27. The summed E-state index contributed by atoms with van der Waals surface area (Å²) in [7, 11) is 0. The molecule has 3 atom stereocenters. The van der Waals surface area contributed by atoms with Gasteiger partial charge in [-0.05, 0) is 31.1 Å². The summed E-state index contributed by atoms with van der Waals surface area (Å²) in [6.07, 6.45) is 6.60. The van der Waals surface area contributed by atoms with Crippen molar-refractivity contribution in [2.45, 2.75) is 25.4 Å². The van der Waals surface area contributed by atoms with Crippen LogP contribution in [0.3, 0.4) is 0 Å². The van der Waals surface area contributed by atoms with Crippen LogP contribution >= 0.6 is 0 Å². The number of hydrogen-bond donors (Lipinski definition) is 1. The number of hydrogen-bond acceptors (Lipinski definition) is 1. The highest BCUT2D eigenvalue weighted by Crippen LogP contribution is 2.34. The average molecular weight is 152 g/mol. The van der Waals surface area contributed by atoms with E-state index < -0.39 is 0 Å². The summed E-state index contributed by atoms with van der Waals surface area (Å²) in [5.41, 5.74) is 0. The summed E-state index contributed by atoms with van der Waals surface area (Å²) in [5.74, 6) is 1.09. The first kappa shape index (κ1) is 8.54. The molecule has 1 fully saturated rings. The van der Waals surface area contributed by atoms with Gasteiger partial charge in [-0.1, -0.05) is 12.2 Å². The number of aliphatic hydroxyl groups is 1. The van der Waals surface area contributed by atoms with E-state index in [1.54, 1.807) is 0 Å². The maximum absolute atomic E-state index is 9.35. The molecule has 0 spiro atoms. The quantitative estimate of drug-likeness (QED) is 0.614. The van der Waals surface area contributed by atoms with E-state index in [9.17, 15) is 5.11 Å². The summed E-state index contributed by atoms with van der Waals surface area (Å²) in [4.78, 5) is 0. The number of allylic oxidation sites excluding steroid dienone is 2. The van der Waals surface area contributed by atoms with Crippen molar-refractivity contribution >= 4 is 0 Å². The summed E-state index contributed by atoms with van der Waals surface area (Å²) in [5, 5.41) is 9.35. The first-order valence-electron chi connectivity index (χ1n) is 4.19. The highest BCUT2D eigenvalue weighted by atomic mass is 16.3. The second kappa shape index (κ2) is 3.72. The van der Waals surface area contributed by atoms with Crippen LogP contribution in [0.1, 0.15) is 19.3 Å². The van der Waals surface area contributed by atoms with Crippen molar-refractivity contribution in [3.8, 4) is 0 Å². The molecule has 1 heteroatoms. The lowest BCUT2D eigenvalue weighted by Crippen LogP contribution is -2.02. The third-order valence-corrected chi connectivity index (χ3v) is 2.50. The third kappa shape index (κ3) is 1.93. The zero-order valence-electron chi connectivity index (χ0n) is 6.87. The number of aliphatic hydroxyl groups excluding tert-OH is 1. The van der Waals surface area contributed by atoms with Crippen LogP contribution in [0.25, 0.3) is 0 Å². The summed E-state index contributed by atoms with van der Waals surface area (Å²) >= 11 is 0. The second-order valence-corrected chi connectivity index (χ2v) is 3.31. The fourth-order valence-corrected chi connectivity index (χ4v) is 1.90. The van der Waals surface area contributed by atoms with Crippen LogP contribution in [0.4, 0.5) is 0 Å². The molecule has 3 unspecified atom stereocenters. The minimum absolute atomic E-state index is 0.108. The van der Waals surface area contributed by atoms with Gasteiger partial charge in [0.15, 0.2) is 0 Å². The molecular weight excluding hydrogens is 136 g/mol. The molecule has 0 aromatic rings. The summed E-state index contributed by atoms with van der Waals surface area (Å²) < 4.78 is 0. The molecular formula is C10H16O. The van der Waals surface area contributed by atoms with E-state index >= 15 is 0 Å². The normalized spacial score (nSPS) is 37.0. The highest BCUT2D eigenvalue weighted by Gasteiger charge is 2.29. The van der Waals surface area contributed by atoms with Crippen molar-refractivity contribution in [1.82, 2.24) is 0 Å². The van der Waals surface area contributed by atoms with Gasteiger partial charge < -0.3 is 5.11 Å². The van der Waals surface area contributed by atoms with Crippen LogP contribution in [0.15, 0.2) is 25.3 Å². The van der Waals surface area contributed by atoms with Crippen molar-refractivity contribution in [3.05, 3.63) is 25.3 Å². The van der Waals surface area contributed by atoms with E-state index in [1.165, 1.54) is 0 Å². The van der Waals surface area contributed by atoms with E-state index in [2.05, 4.69) is 13.2 Å². The Morgan fingerprint density at radius 3 is 2.64 bits per heavy atom. The predicted octanol–water partition coefficient (Wildman–Crippen LogP) is 2.14. The molecule has 1 aliphatic rings. The fourth-order valence-electron chi connectivity index (χ4n) is 1.90. The van der Waals surface area contributed by atoms with Crippen LogP contribution in [-0.4, -0.2) is 11.2 Å². The fraction of sp³-hybridized carbons (Fsp3) is 0.600. The van der Waals surface area contributed by atoms with Gasteiger partial charge in [-0.15, -0.1) is 13.2 Å². The Bertz CT molecular complexity index is 151. The topological polar surface area (TPSA) is 20.2 Å². The van der Waals surface area contributed by atoms with Crippen molar-refractivity contribution in [1.29, 1.82) is 0 Å². The SMILES string of the molecule is C=CCC1CC(O)CC1C=C. The minimum Gasteiger partial charge on any atom is -0.393 e. The van der Waals surface area contributed by atoms with Crippen LogP contribution in [0.5, 0.6) is 0 Å². The van der Waals surface area contributed by atoms with Crippen LogP contribution in [0, 0.1) is 11.8 Å². The lowest BCUT2D eigenvalue weighted by molar-refractivity contribution is 0.176. The number of rotatable bonds is 3. The monoisotopic (exact) mass is 152 g/mol. The summed E-state index contributed by atoms with van der Waals surface area (Å²) in [6.45, 7) is 7.47. The van der Waals surface area contributed by atoms with E-state index in [0.29, 0.717) is 11.8 Å². The van der Waals surface area contributed by atoms with Gasteiger partial charge in [-0.25, -0.2) is 0 Å². The largest absolute Gasteiger partial charge is 0.393 e. The first-order chi connectivity index (χ1) is 5.27. The minimum atomic E-state index is -0.108. The van der Waals surface area contributed by atoms with Gasteiger partial charge in [0.2, 0.25) is 0 Å². The van der Waals surface area contributed by atoms with Crippen LogP contribution < -0.4 is 0 Å². The third-order valence-electron chi connectivity index (χ3n) is 2.50. The van der Waals surface area contributed by atoms with E-state index in [4.69, 9.17) is 0 Å². The Morgan fingerprint density at radius 2 is 2.09 bits per heavy atom. The first-order valence-corrected chi connectivity index (χ1v) is 4.19. The molecule has 0 bridgehead atoms. The second-order valence-electron chi connectivity index (χ2n) is 3.31. The van der Waals surface area contributed by atoms with Crippen LogP contribution in [-0.2, 0) is 0 Å². The Hall–Kier alpha value is -0.560. The molecule has 0 aliphatic heterocycles. The highest BCUT2D eigenvalue weighted by molar-refractivity contribution is 4.95. The molecule has 0 radical (unpaired) electrons. The van der Waals surface area contributed by atoms with Crippen molar-refractivity contribution in [3.63, 3.8) is 0 Å². The molecule has 0 heterocycles. The Morgan fingerprint density at radius 1 is 1.36 bits per heavy atom. The molecule has 0 amide bonds. The van der Waals surface area contributed by atoms with Crippen molar-refractivity contribution in [2.75, 3.05) is 0 Å². The predicted molar refractivity (Wildman–Crippen MR) is 47.2 cm³/mol. The molecule has 0 aromatic heterocycles. The lowest BCUT2D eigenvalue weighted by atomic mass is 9.93. The van der Waals surface area contributed by atoms with E-state index in [1.807, 2.05) is 12.2 Å². The maximum Gasteiger partial charge on any atom is 0.0549 e. The molecule has 0 saturated heterocycles. The van der Waals surface area contributed by atoms with Crippen LogP contribution in [0.2, 0.25) is 0 Å². The van der Waals surface area contributed by atoms with Gasteiger partial charge in [0, 0.05) is 0 Å². The van der Waals surface area contributed by atoms with Gasteiger partial charge in [-0.3, -0.25) is 0 Å². The van der Waals surface area contributed by atoms with Gasteiger partial charge >= 0.3 is 0 Å². The average Bonchev–Trinajstić information content (AvgIpc) is 2.32. The Balaban J connectivity index is 2.49. The molecule has 1 nitrogen and oxygen atoms in total. The molecule has 1 N–H and O–H groups in total. The van der Waals surface area contributed by atoms with Crippen molar-refractivity contribution < 1.29 is 5.11 Å². The Labute approximate surface area is 68.4 Å². The van der Waals surface area contributed by atoms with Gasteiger partial charge in [0.1, 0.15) is 0 Å².